The van der Waals surface area contributed by atoms with Gasteiger partial charge in [0, 0.05) is 17.2 Å². The first-order chi connectivity index (χ1) is 5.88. The van der Waals surface area contributed by atoms with E-state index in [1.165, 1.54) is 5.56 Å². The molecule has 2 atom stereocenters. The summed E-state index contributed by atoms with van der Waals surface area (Å²) in [6, 6.07) is 11.3. The fraction of sp³-hybridized carbons (Fsp3) is 0.400. The topological polar surface area (TPSA) is 12.0 Å². The van der Waals surface area contributed by atoms with Crippen molar-refractivity contribution < 1.29 is 0 Å². The number of thioether (sulfide) groups is 1. The van der Waals surface area contributed by atoms with Crippen LogP contribution in [0.1, 0.15) is 17.7 Å². The zero-order valence-corrected chi connectivity index (χ0v) is 7.97. The third-order valence-electron chi connectivity index (χ3n) is 2.25. The maximum absolute atomic E-state index is 3.43. The van der Waals surface area contributed by atoms with E-state index in [9.17, 15) is 0 Å². The van der Waals surface area contributed by atoms with Crippen LogP contribution < -0.4 is 5.32 Å². The number of benzene rings is 1. The molecule has 0 spiro atoms. The van der Waals surface area contributed by atoms with Gasteiger partial charge < -0.3 is 5.32 Å². The Labute approximate surface area is 77.6 Å². The molecule has 2 heteroatoms. The summed E-state index contributed by atoms with van der Waals surface area (Å²) >= 11 is 1.99. The highest BCUT2D eigenvalue weighted by molar-refractivity contribution is 7.99. The summed E-state index contributed by atoms with van der Waals surface area (Å²) in [4.78, 5) is 0. The zero-order valence-electron chi connectivity index (χ0n) is 7.16. The van der Waals surface area contributed by atoms with Crippen LogP contribution in [-0.2, 0) is 0 Å². The highest BCUT2D eigenvalue weighted by Crippen LogP contribution is 2.35. The van der Waals surface area contributed by atoms with E-state index in [2.05, 4.69) is 42.6 Å². The third-order valence-corrected chi connectivity index (χ3v) is 3.62. The molecule has 0 aromatic heterocycles. The molecule has 1 N–H and O–H groups in total. The zero-order chi connectivity index (χ0) is 8.39. The molecule has 64 valence electrons. The van der Waals surface area contributed by atoms with E-state index in [0.717, 1.165) is 5.88 Å². The summed E-state index contributed by atoms with van der Waals surface area (Å²) < 4.78 is 0. The SMILES string of the molecule is CC1NCSC1c1ccccc1. The molecule has 0 bridgehead atoms. The molecule has 2 unspecified atom stereocenters. The first kappa shape index (κ1) is 8.14. The Morgan fingerprint density at radius 3 is 2.67 bits per heavy atom. The summed E-state index contributed by atoms with van der Waals surface area (Å²) in [5, 5.41) is 4.08. The summed E-state index contributed by atoms with van der Waals surface area (Å²) in [5.74, 6) is 1.08. The molecular formula is C10H13NS. The number of rotatable bonds is 1. The van der Waals surface area contributed by atoms with E-state index in [-0.39, 0.29) is 0 Å². The summed E-state index contributed by atoms with van der Waals surface area (Å²) in [6.45, 7) is 2.25. The Morgan fingerprint density at radius 2 is 2.08 bits per heavy atom. The predicted molar refractivity (Wildman–Crippen MR) is 54.2 cm³/mol. The monoisotopic (exact) mass is 179 g/mol. The van der Waals surface area contributed by atoms with Gasteiger partial charge in [-0.2, -0.15) is 0 Å². The quantitative estimate of drug-likeness (QED) is 0.710. The average molecular weight is 179 g/mol. The van der Waals surface area contributed by atoms with Crippen molar-refractivity contribution in [2.24, 2.45) is 0 Å². The average Bonchev–Trinajstić information content (AvgIpc) is 2.53. The minimum Gasteiger partial charge on any atom is -0.304 e. The maximum atomic E-state index is 3.43. The van der Waals surface area contributed by atoms with E-state index in [4.69, 9.17) is 0 Å². The Morgan fingerprint density at radius 1 is 1.33 bits per heavy atom. The second-order valence-electron chi connectivity index (χ2n) is 3.14. The van der Waals surface area contributed by atoms with Crippen LogP contribution in [-0.4, -0.2) is 11.9 Å². The molecule has 0 aliphatic carbocycles. The van der Waals surface area contributed by atoms with Gasteiger partial charge in [0.2, 0.25) is 0 Å². The van der Waals surface area contributed by atoms with Gasteiger partial charge in [-0.15, -0.1) is 11.8 Å². The van der Waals surface area contributed by atoms with Gasteiger partial charge in [-0.3, -0.25) is 0 Å². The van der Waals surface area contributed by atoms with Gasteiger partial charge >= 0.3 is 0 Å². The van der Waals surface area contributed by atoms with Gasteiger partial charge in [0.25, 0.3) is 0 Å². The molecule has 1 fully saturated rings. The van der Waals surface area contributed by atoms with E-state index >= 15 is 0 Å². The van der Waals surface area contributed by atoms with Crippen LogP contribution in [0.2, 0.25) is 0 Å². The number of hydrogen-bond acceptors (Lipinski definition) is 2. The Bertz CT molecular complexity index is 247. The second-order valence-corrected chi connectivity index (χ2v) is 4.26. The summed E-state index contributed by atoms with van der Waals surface area (Å²) in [6.07, 6.45) is 0. The lowest BCUT2D eigenvalue weighted by atomic mass is 10.1. The maximum Gasteiger partial charge on any atom is 0.0460 e. The molecule has 2 rings (SSSR count). The Kier molecular flexibility index (Phi) is 2.38. The van der Waals surface area contributed by atoms with Gasteiger partial charge in [0.05, 0.1) is 0 Å². The van der Waals surface area contributed by atoms with Crippen LogP contribution in [0.25, 0.3) is 0 Å². The van der Waals surface area contributed by atoms with Crippen molar-refractivity contribution in [1.29, 1.82) is 0 Å². The lowest BCUT2D eigenvalue weighted by Gasteiger charge is -2.13. The summed E-state index contributed by atoms with van der Waals surface area (Å²) in [7, 11) is 0. The molecule has 12 heavy (non-hydrogen) atoms. The fourth-order valence-corrected chi connectivity index (χ4v) is 2.82. The predicted octanol–water partition coefficient (Wildman–Crippen LogP) is 2.41. The smallest absolute Gasteiger partial charge is 0.0460 e. The van der Waals surface area contributed by atoms with Crippen molar-refractivity contribution >= 4 is 11.8 Å². The van der Waals surface area contributed by atoms with Crippen molar-refractivity contribution in [2.75, 3.05) is 5.88 Å². The molecule has 0 saturated carbocycles. The molecule has 1 aromatic rings. The van der Waals surface area contributed by atoms with Crippen LogP contribution in [0.5, 0.6) is 0 Å². The molecular weight excluding hydrogens is 166 g/mol. The Balaban J connectivity index is 2.19. The molecule has 0 amide bonds. The van der Waals surface area contributed by atoms with Gasteiger partial charge in [0.15, 0.2) is 0 Å². The first-order valence-electron chi connectivity index (χ1n) is 4.28. The van der Waals surface area contributed by atoms with Crippen molar-refractivity contribution in [1.82, 2.24) is 5.32 Å². The van der Waals surface area contributed by atoms with Gasteiger partial charge in [-0.05, 0) is 12.5 Å². The van der Waals surface area contributed by atoms with Crippen molar-refractivity contribution in [3.05, 3.63) is 35.9 Å². The molecule has 1 nitrogen and oxygen atoms in total. The molecule has 1 heterocycles. The van der Waals surface area contributed by atoms with E-state index < -0.39 is 0 Å². The molecule has 1 aliphatic rings. The highest BCUT2D eigenvalue weighted by Gasteiger charge is 2.24. The van der Waals surface area contributed by atoms with Crippen LogP contribution in [0, 0.1) is 0 Å². The van der Waals surface area contributed by atoms with E-state index in [1.54, 1.807) is 0 Å². The van der Waals surface area contributed by atoms with Crippen LogP contribution in [0.4, 0.5) is 0 Å². The largest absolute Gasteiger partial charge is 0.304 e. The normalized spacial score (nSPS) is 29.1. The van der Waals surface area contributed by atoms with Crippen LogP contribution >= 0.6 is 11.8 Å². The van der Waals surface area contributed by atoms with Gasteiger partial charge in [0.1, 0.15) is 0 Å². The minimum atomic E-state index is 0.609. The van der Waals surface area contributed by atoms with Gasteiger partial charge in [-0.25, -0.2) is 0 Å². The lowest BCUT2D eigenvalue weighted by Crippen LogP contribution is -2.21. The van der Waals surface area contributed by atoms with Gasteiger partial charge in [-0.1, -0.05) is 30.3 Å². The molecule has 1 aliphatic heterocycles. The van der Waals surface area contributed by atoms with Crippen molar-refractivity contribution in [2.45, 2.75) is 18.2 Å². The third kappa shape index (κ3) is 1.50. The molecule has 1 saturated heterocycles. The highest BCUT2D eigenvalue weighted by atomic mass is 32.2. The molecule has 1 aromatic carbocycles. The Hall–Kier alpha value is -0.470. The lowest BCUT2D eigenvalue weighted by molar-refractivity contribution is 0.620. The number of nitrogens with one attached hydrogen (secondary N) is 1. The second kappa shape index (κ2) is 3.50. The van der Waals surface area contributed by atoms with E-state index in [0.29, 0.717) is 11.3 Å². The van der Waals surface area contributed by atoms with Crippen molar-refractivity contribution in [3.63, 3.8) is 0 Å². The van der Waals surface area contributed by atoms with E-state index in [1.807, 2.05) is 11.8 Å². The standard InChI is InChI=1S/C10H13NS/c1-8-10(12-7-11-8)9-5-3-2-4-6-9/h2-6,8,10-11H,7H2,1H3. The fourth-order valence-electron chi connectivity index (χ4n) is 1.55. The first-order valence-corrected chi connectivity index (χ1v) is 5.33. The molecule has 0 radical (unpaired) electrons. The van der Waals surface area contributed by atoms with Crippen LogP contribution in [0.3, 0.4) is 0 Å². The number of hydrogen-bond donors (Lipinski definition) is 1. The van der Waals surface area contributed by atoms with Crippen molar-refractivity contribution in [3.8, 4) is 0 Å². The minimum absolute atomic E-state index is 0.609. The summed E-state index contributed by atoms with van der Waals surface area (Å²) in [5.41, 5.74) is 1.44. The van der Waals surface area contributed by atoms with Crippen LogP contribution in [0.15, 0.2) is 30.3 Å².